The lowest BCUT2D eigenvalue weighted by atomic mass is 9.78. The number of carbonyl (C=O) groups is 2. The summed E-state index contributed by atoms with van der Waals surface area (Å²) in [6.45, 7) is 18.8. The second-order valence-electron chi connectivity index (χ2n) is 12.1. The van der Waals surface area contributed by atoms with Gasteiger partial charge >= 0.3 is 21.5 Å². The van der Waals surface area contributed by atoms with Gasteiger partial charge in [0.15, 0.2) is 26.4 Å². The fraction of sp³-hybridized carbons (Fsp3) is 0.818. The topological polar surface area (TPSA) is 102 Å². The van der Waals surface area contributed by atoms with E-state index in [-0.39, 0.29) is 28.0 Å². The summed E-state index contributed by atoms with van der Waals surface area (Å²) in [6.07, 6.45) is 5.06. The Morgan fingerprint density at radius 3 is 1.85 bits per heavy atom. The van der Waals surface area contributed by atoms with Crippen LogP contribution in [0.2, 0.25) is 44.3 Å². The molecule has 0 aliphatic heterocycles. The van der Waals surface area contributed by atoms with Crippen molar-refractivity contribution in [2.45, 2.75) is 104 Å². The molecule has 0 heterocycles. The molecule has 11 heteroatoms. The molecule has 1 saturated carbocycles. The van der Waals surface area contributed by atoms with Crippen LogP contribution in [0.15, 0.2) is 11.1 Å². The molecule has 0 saturated heterocycles. The van der Waals surface area contributed by atoms with E-state index < -0.39 is 47.9 Å². The molecule has 7 nitrogen and oxygen atoms in total. The van der Waals surface area contributed by atoms with Crippen molar-refractivity contribution in [3.8, 4) is 0 Å². The maximum absolute atomic E-state index is 12.2. The molecule has 33 heavy (non-hydrogen) atoms. The lowest BCUT2D eigenvalue weighted by Gasteiger charge is -2.34. The minimum absolute atomic E-state index is 0.0713. The Kier molecular flexibility index (Phi) is 11.5. The first-order chi connectivity index (χ1) is 14.9. The standard InChI is InChI=1S/C22H46O7Si4/c1-16(18(20(23)24)19(21(25)26)17-13-11-10-12-14-17)15-22(2,3)30-27-31(28-32(4,5)6)29-33(7,8)9/h16-17,31H,10-15,30H2,1-9H3,(H,23,24)(H,25,26). The molecule has 192 valence electrons. The number of hydrogen-bond acceptors (Lipinski definition) is 5. The van der Waals surface area contributed by atoms with Crippen LogP contribution in [0.25, 0.3) is 0 Å². The largest absolute Gasteiger partial charge is 0.478 e. The molecular weight excluding hydrogens is 489 g/mol. The summed E-state index contributed by atoms with van der Waals surface area (Å²) in [6, 6.07) is 0. The number of carboxylic acid groups (broad SMARTS) is 2. The molecule has 0 bridgehead atoms. The molecule has 0 aromatic carbocycles. The van der Waals surface area contributed by atoms with Gasteiger partial charge in [-0.3, -0.25) is 0 Å². The lowest BCUT2D eigenvalue weighted by molar-refractivity contribution is -0.137. The fourth-order valence-corrected chi connectivity index (χ4v) is 14.4. The zero-order chi connectivity index (χ0) is 25.6. The van der Waals surface area contributed by atoms with E-state index >= 15 is 0 Å². The molecule has 1 rings (SSSR count). The van der Waals surface area contributed by atoms with Crippen LogP contribution in [0.3, 0.4) is 0 Å². The third kappa shape index (κ3) is 11.6. The summed E-state index contributed by atoms with van der Waals surface area (Å²) < 4.78 is 18.9. The first-order valence-electron chi connectivity index (χ1n) is 12.1. The molecular formula is C22H46O7Si4. The number of hydrogen-bond donors (Lipinski definition) is 2. The Balaban J connectivity index is 3.04. The molecule has 0 aromatic heterocycles. The van der Waals surface area contributed by atoms with Crippen LogP contribution in [-0.4, -0.2) is 58.1 Å². The number of rotatable bonds is 13. The average Bonchev–Trinajstić information content (AvgIpc) is 2.61. The van der Waals surface area contributed by atoms with E-state index in [1.807, 2.05) is 6.92 Å². The van der Waals surface area contributed by atoms with Gasteiger partial charge in [0.05, 0.1) is 11.1 Å². The Labute approximate surface area is 206 Å². The Morgan fingerprint density at radius 1 is 0.970 bits per heavy atom. The molecule has 1 aliphatic carbocycles. The molecule has 0 aromatic rings. The van der Waals surface area contributed by atoms with Gasteiger partial charge in [0.25, 0.3) is 0 Å². The van der Waals surface area contributed by atoms with E-state index in [0.717, 1.165) is 32.1 Å². The van der Waals surface area contributed by atoms with Crippen molar-refractivity contribution >= 4 is 47.9 Å². The van der Waals surface area contributed by atoms with Gasteiger partial charge in [-0.25, -0.2) is 9.59 Å². The van der Waals surface area contributed by atoms with Crippen molar-refractivity contribution in [3.63, 3.8) is 0 Å². The van der Waals surface area contributed by atoms with E-state index in [1.54, 1.807) is 0 Å². The van der Waals surface area contributed by atoms with E-state index in [0.29, 0.717) is 6.42 Å². The van der Waals surface area contributed by atoms with Crippen molar-refractivity contribution in [1.29, 1.82) is 0 Å². The van der Waals surface area contributed by atoms with Crippen LogP contribution < -0.4 is 0 Å². The summed E-state index contributed by atoms with van der Waals surface area (Å²) in [7, 11) is -7.03. The third-order valence-electron chi connectivity index (χ3n) is 5.63. The summed E-state index contributed by atoms with van der Waals surface area (Å²) in [5, 5.41) is 19.7. The van der Waals surface area contributed by atoms with Crippen molar-refractivity contribution in [1.82, 2.24) is 0 Å². The first kappa shape index (κ1) is 30.5. The van der Waals surface area contributed by atoms with Crippen molar-refractivity contribution in [3.05, 3.63) is 11.1 Å². The zero-order valence-corrected chi connectivity index (χ0v) is 26.7. The van der Waals surface area contributed by atoms with Crippen LogP contribution in [-0.2, 0) is 21.9 Å². The van der Waals surface area contributed by atoms with Gasteiger partial charge < -0.3 is 22.6 Å². The first-order valence-corrected chi connectivity index (χ1v) is 21.6. The minimum Gasteiger partial charge on any atom is -0.478 e. The molecule has 0 spiro atoms. The molecule has 1 fully saturated rings. The van der Waals surface area contributed by atoms with E-state index in [9.17, 15) is 19.8 Å². The summed E-state index contributed by atoms with van der Waals surface area (Å²) in [5.41, 5.74) is 0.187. The van der Waals surface area contributed by atoms with Crippen LogP contribution in [0, 0.1) is 11.8 Å². The highest BCUT2D eigenvalue weighted by atomic mass is 28.5. The van der Waals surface area contributed by atoms with E-state index in [4.69, 9.17) is 12.3 Å². The van der Waals surface area contributed by atoms with Crippen molar-refractivity contribution in [2.24, 2.45) is 11.8 Å². The molecule has 1 unspecified atom stereocenters. The molecule has 2 N–H and O–H groups in total. The van der Waals surface area contributed by atoms with Gasteiger partial charge in [0.1, 0.15) is 0 Å². The predicted octanol–water partition coefficient (Wildman–Crippen LogP) is 4.78. The highest BCUT2D eigenvalue weighted by Gasteiger charge is 2.36. The predicted molar refractivity (Wildman–Crippen MR) is 142 cm³/mol. The lowest BCUT2D eigenvalue weighted by Crippen LogP contribution is -2.46. The monoisotopic (exact) mass is 534 g/mol. The van der Waals surface area contributed by atoms with Gasteiger partial charge in [-0.15, -0.1) is 0 Å². The SMILES string of the molecule is CC(CC(C)(C)[SiH2]O[SiH](O[Si](C)(C)C)O[Si](C)(C)C)C(C(=O)O)=C(C(=O)O)C1CCCCC1. The fourth-order valence-electron chi connectivity index (χ4n) is 4.45. The number of carboxylic acids is 2. The summed E-state index contributed by atoms with van der Waals surface area (Å²) in [4.78, 5) is 24.4. The van der Waals surface area contributed by atoms with Gasteiger partial charge in [-0.2, -0.15) is 0 Å². The zero-order valence-electron chi connectivity index (χ0n) is 22.1. The van der Waals surface area contributed by atoms with Crippen LogP contribution >= 0.6 is 0 Å². The molecule has 1 atom stereocenters. The highest BCUT2D eigenvalue weighted by Crippen LogP contribution is 2.39. The average molecular weight is 535 g/mol. The summed E-state index contributed by atoms with van der Waals surface area (Å²) in [5.74, 6) is -2.75. The maximum atomic E-state index is 12.2. The number of aliphatic carboxylic acids is 2. The van der Waals surface area contributed by atoms with Gasteiger partial charge in [0.2, 0.25) is 0 Å². The normalized spacial score (nSPS) is 18.6. The van der Waals surface area contributed by atoms with Gasteiger partial charge in [-0.1, -0.05) is 40.0 Å². The second-order valence-corrected chi connectivity index (χ2v) is 26.6. The third-order valence-corrected chi connectivity index (χ3v) is 15.6. The van der Waals surface area contributed by atoms with E-state index in [1.165, 1.54) is 0 Å². The van der Waals surface area contributed by atoms with Gasteiger partial charge in [-0.05, 0) is 75.4 Å². The molecule has 1 aliphatic rings. The minimum atomic E-state index is -2.27. The molecule has 0 radical (unpaired) electrons. The van der Waals surface area contributed by atoms with Crippen molar-refractivity contribution in [2.75, 3.05) is 0 Å². The highest BCUT2D eigenvalue weighted by molar-refractivity contribution is 6.80. The van der Waals surface area contributed by atoms with E-state index in [2.05, 4.69) is 53.1 Å². The van der Waals surface area contributed by atoms with Crippen LogP contribution in [0.4, 0.5) is 0 Å². The van der Waals surface area contributed by atoms with Gasteiger partial charge in [0, 0.05) is 0 Å². The molecule has 0 amide bonds. The Hall–Kier alpha value is -0.572. The maximum Gasteiger partial charge on any atom is 0.452 e. The van der Waals surface area contributed by atoms with Crippen LogP contribution in [0.1, 0.15) is 59.3 Å². The quantitative estimate of drug-likeness (QED) is 0.259. The Bertz CT molecular complexity index is 689. The van der Waals surface area contributed by atoms with Crippen LogP contribution in [0.5, 0.6) is 0 Å². The summed E-state index contributed by atoms with van der Waals surface area (Å²) >= 11 is 0. The Morgan fingerprint density at radius 2 is 1.45 bits per heavy atom. The smallest absolute Gasteiger partial charge is 0.452 e. The second kappa shape index (κ2) is 12.4. The van der Waals surface area contributed by atoms with Crippen molar-refractivity contribution < 1.29 is 32.1 Å².